The van der Waals surface area contributed by atoms with Gasteiger partial charge in [-0.15, -0.1) is 34.0 Å². The van der Waals surface area contributed by atoms with E-state index in [4.69, 9.17) is 0 Å². The number of benzene rings is 2. The summed E-state index contributed by atoms with van der Waals surface area (Å²) in [6, 6.07) is 18.2. The SMILES string of the molecule is CC(C)N(c1ccc2c(c1)[cH-]c1cc(N(C(C)C)C(C)C)ccc12)C(C)C.C[C](C)=[Zr+2].[C-]1=CC=CC1.[Cl-].[Cl-]. The molecule has 4 rings (SSSR count). The third-order valence-corrected chi connectivity index (χ3v) is 6.08. The molecule has 2 nitrogen and oxygen atoms in total. The summed E-state index contributed by atoms with van der Waals surface area (Å²) in [7, 11) is 0. The topological polar surface area (TPSA) is 6.48 Å². The van der Waals surface area contributed by atoms with E-state index in [2.05, 4.69) is 134 Å². The summed E-state index contributed by atoms with van der Waals surface area (Å²) < 4.78 is 1.51. The van der Waals surface area contributed by atoms with Gasteiger partial charge in [0.2, 0.25) is 0 Å². The zero-order chi connectivity index (χ0) is 27.0. The van der Waals surface area contributed by atoms with Gasteiger partial charge in [-0.05, 0) is 55.4 Å². The number of hydrogen-bond donors (Lipinski definition) is 0. The molecule has 0 spiro atoms. The van der Waals surface area contributed by atoms with Crippen molar-refractivity contribution in [3.63, 3.8) is 0 Å². The molecular weight excluding hydrogens is 587 g/mol. The average Bonchev–Trinajstić information content (AvgIpc) is 3.43. The van der Waals surface area contributed by atoms with Gasteiger partial charge in [-0.3, -0.25) is 6.08 Å². The third-order valence-electron chi connectivity index (χ3n) is 6.08. The summed E-state index contributed by atoms with van der Waals surface area (Å²) in [5.74, 6) is 0. The number of anilines is 2. The Bertz CT molecular complexity index is 1080. The first-order valence-electron chi connectivity index (χ1n) is 13.4. The van der Waals surface area contributed by atoms with Crippen LogP contribution in [0.3, 0.4) is 0 Å². The molecule has 0 heterocycles. The molecule has 0 saturated heterocycles. The van der Waals surface area contributed by atoms with Crippen molar-refractivity contribution in [1.82, 2.24) is 0 Å². The smallest absolute Gasteiger partial charge is 0.109 e. The van der Waals surface area contributed by atoms with E-state index in [1.807, 2.05) is 12.2 Å². The van der Waals surface area contributed by atoms with E-state index in [1.165, 1.54) is 36.1 Å². The Balaban J connectivity index is 0.00000106. The van der Waals surface area contributed by atoms with E-state index in [-0.39, 0.29) is 24.8 Å². The first-order chi connectivity index (χ1) is 16.9. The number of allylic oxidation sites excluding steroid dienone is 4. The van der Waals surface area contributed by atoms with Crippen molar-refractivity contribution in [1.29, 1.82) is 0 Å². The predicted molar refractivity (Wildman–Crippen MR) is 160 cm³/mol. The first-order valence-corrected chi connectivity index (χ1v) is 14.6. The molecule has 0 aromatic heterocycles. The molecule has 3 aromatic rings. The molecule has 0 amide bonds. The van der Waals surface area contributed by atoms with Gasteiger partial charge in [-0.2, -0.15) is 6.08 Å². The van der Waals surface area contributed by atoms with Gasteiger partial charge in [0.1, 0.15) is 0 Å². The zero-order valence-corrected chi connectivity index (χ0v) is 28.9. The van der Waals surface area contributed by atoms with Gasteiger partial charge in [0.15, 0.2) is 0 Å². The maximum Gasteiger partial charge on any atom is -0.109 e. The number of hydrogen-bond acceptors (Lipinski definition) is 2. The van der Waals surface area contributed by atoms with E-state index in [9.17, 15) is 0 Å². The molecule has 1 aliphatic rings. The van der Waals surface area contributed by atoms with E-state index in [0.717, 1.165) is 6.42 Å². The van der Waals surface area contributed by atoms with Crippen molar-refractivity contribution < 1.29 is 49.0 Å². The summed E-state index contributed by atoms with van der Waals surface area (Å²) in [6.45, 7) is 22.4. The summed E-state index contributed by atoms with van der Waals surface area (Å²) in [5.41, 5.74) is 2.63. The van der Waals surface area contributed by atoms with Gasteiger partial charge in [-0.1, -0.05) is 36.4 Å². The summed E-state index contributed by atoms with van der Waals surface area (Å²) in [6.07, 6.45) is 10.0. The van der Waals surface area contributed by atoms with Crippen molar-refractivity contribution in [2.75, 3.05) is 9.80 Å². The van der Waals surface area contributed by atoms with E-state index in [0.29, 0.717) is 24.2 Å². The Morgan fingerprint density at radius 1 is 0.737 bits per heavy atom. The average molecular weight is 633 g/mol. The van der Waals surface area contributed by atoms with Crippen molar-refractivity contribution in [2.24, 2.45) is 0 Å². The van der Waals surface area contributed by atoms with Crippen LogP contribution in [-0.2, 0) is 24.2 Å². The second kappa shape index (κ2) is 17.4. The van der Waals surface area contributed by atoms with Gasteiger partial charge in [0.25, 0.3) is 0 Å². The minimum Gasteiger partial charge on any atom is -1.00 e. The molecule has 0 unspecified atom stereocenters. The van der Waals surface area contributed by atoms with Crippen LogP contribution in [-0.4, -0.2) is 27.4 Å². The van der Waals surface area contributed by atoms with Crippen LogP contribution in [0.5, 0.6) is 0 Å². The van der Waals surface area contributed by atoms with Gasteiger partial charge in [0, 0.05) is 35.5 Å². The van der Waals surface area contributed by atoms with Crippen molar-refractivity contribution in [3.8, 4) is 0 Å². The largest absolute Gasteiger partial charge is 1.00 e. The standard InChI is InChI=1S/C25H35N2.C5H5.C3H6.2ClH.Zr/c1-16(2)26(17(3)4)22-9-11-24-20(14-22)13-21-15-23(10-12-25(21)24)27(18(5)6)19(7)8;1-2-4-5-3-1;1-3-2;;;/h9-19H,1-8H3;1-3H,4H2;1-2H3;2*1H;/q2*-1;;;;+2/p-2. The van der Waals surface area contributed by atoms with Crippen LogP contribution < -0.4 is 34.6 Å². The Kier molecular flexibility index (Phi) is 16.8. The van der Waals surface area contributed by atoms with Crippen molar-refractivity contribution >= 4 is 36.1 Å². The van der Waals surface area contributed by atoms with Crippen LogP contribution in [0.4, 0.5) is 11.4 Å². The minimum atomic E-state index is 0. The number of halogens is 2. The van der Waals surface area contributed by atoms with Gasteiger partial charge < -0.3 is 34.6 Å². The van der Waals surface area contributed by atoms with Crippen LogP contribution in [0.2, 0.25) is 0 Å². The molecule has 0 saturated carbocycles. The molecule has 0 bridgehead atoms. The van der Waals surface area contributed by atoms with E-state index >= 15 is 0 Å². The maximum absolute atomic E-state index is 2.99. The Hall–Kier alpha value is -1.28. The van der Waals surface area contributed by atoms with Crippen LogP contribution >= 0.6 is 0 Å². The van der Waals surface area contributed by atoms with Crippen molar-refractivity contribution in [3.05, 3.63) is 66.8 Å². The van der Waals surface area contributed by atoms with Crippen LogP contribution in [0.25, 0.3) is 21.5 Å². The molecule has 208 valence electrons. The predicted octanol–water partition coefficient (Wildman–Crippen LogP) is 3.02. The second-order valence-electron chi connectivity index (χ2n) is 10.9. The quantitative estimate of drug-likeness (QED) is 0.386. The zero-order valence-electron chi connectivity index (χ0n) is 24.9. The van der Waals surface area contributed by atoms with Crippen LogP contribution in [0.1, 0.15) is 75.7 Å². The van der Waals surface area contributed by atoms with Crippen LogP contribution in [0, 0.1) is 6.08 Å². The second-order valence-corrected chi connectivity index (χ2v) is 13.3. The Labute approximate surface area is 260 Å². The molecule has 3 aromatic carbocycles. The van der Waals surface area contributed by atoms with E-state index < -0.39 is 0 Å². The van der Waals surface area contributed by atoms with Gasteiger partial charge in [0.05, 0.1) is 0 Å². The normalized spacial score (nSPS) is 11.8. The molecule has 38 heavy (non-hydrogen) atoms. The molecule has 0 fully saturated rings. The van der Waals surface area contributed by atoms with E-state index in [1.54, 1.807) is 24.2 Å². The van der Waals surface area contributed by atoms with Gasteiger partial charge in [-0.25, -0.2) is 12.2 Å². The fourth-order valence-corrected chi connectivity index (χ4v) is 5.04. The molecule has 0 N–H and O–H groups in total. The Morgan fingerprint density at radius 3 is 1.34 bits per heavy atom. The molecule has 5 heteroatoms. The monoisotopic (exact) mass is 630 g/mol. The summed E-state index contributed by atoms with van der Waals surface area (Å²) >= 11 is 1.55. The van der Waals surface area contributed by atoms with Crippen LogP contribution in [0.15, 0.2) is 60.7 Å². The summed E-state index contributed by atoms with van der Waals surface area (Å²) in [4.78, 5) is 4.98. The fraction of sp³-hybridized carbons (Fsp3) is 0.455. The fourth-order valence-electron chi connectivity index (χ4n) is 5.04. The number of nitrogens with zero attached hydrogens (tertiary/aromatic N) is 2. The van der Waals surface area contributed by atoms with Crippen molar-refractivity contribution in [2.45, 2.75) is 99.8 Å². The minimum absolute atomic E-state index is 0. The molecule has 0 atom stereocenters. The Morgan fingerprint density at radius 2 is 1.11 bits per heavy atom. The maximum atomic E-state index is 2.99. The molecule has 0 radical (unpaired) electrons. The first kappa shape index (κ1) is 36.7. The molecule has 0 aliphatic heterocycles. The third kappa shape index (κ3) is 10.4. The van der Waals surface area contributed by atoms with Gasteiger partial charge >= 0.3 is 41.3 Å². The number of fused-ring (bicyclic) bond motifs is 3. The summed E-state index contributed by atoms with van der Waals surface area (Å²) in [5, 5.41) is 5.39. The molecule has 1 aliphatic carbocycles. The number of rotatable bonds is 6. The molecular formula is C33H46Cl2N2Zr-2.